The van der Waals surface area contributed by atoms with E-state index in [9.17, 15) is 0 Å². The Morgan fingerprint density at radius 3 is 1.81 bits per heavy atom. The van der Waals surface area contributed by atoms with Crippen molar-refractivity contribution in [3.05, 3.63) is 0 Å². The summed E-state index contributed by atoms with van der Waals surface area (Å²) in [5.41, 5.74) is 0.0488. The first kappa shape index (κ1) is 19.0. The molecular weight excluding hydrogens is 260 g/mol. The highest BCUT2D eigenvalue weighted by Gasteiger charge is 2.32. The summed E-state index contributed by atoms with van der Waals surface area (Å²) in [7, 11) is 0. The van der Waals surface area contributed by atoms with E-state index in [0.29, 0.717) is 0 Å². The Balaban J connectivity index is 1.96. The number of ether oxygens (including phenoxy) is 2. The van der Waals surface area contributed by atoms with Crippen LogP contribution >= 0.6 is 0 Å². The van der Waals surface area contributed by atoms with E-state index in [0.717, 1.165) is 26.2 Å². The van der Waals surface area contributed by atoms with Gasteiger partial charge in [-0.3, -0.25) is 0 Å². The average Bonchev–Trinajstić information content (AvgIpc) is 2.50. The molecule has 0 bridgehead atoms. The molecule has 2 nitrogen and oxygen atoms in total. The monoisotopic (exact) mass is 298 g/mol. The van der Waals surface area contributed by atoms with Crippen molar-refractivity contribution in [3.63, 3.8) is 0 Å². The molecule has 1 aliphatic rings. The van der Waals surface area contributed by atoms with Gasteiger partial charge in [-0.25, -0.2) is 0 Å². The number of hydrogen-bond acceptors (Lipinski definition) is 2. The van der Waals surface area contributed by atoms with Crippen LogP contribution in [0.5, 0.6) is 0 Å². The zero-order valence-electron chi connectivity index (χ0n) is 14.6. The molecule has 1 rings (SSSR count). The number of hydrogen-bond donors (Lipinski definition) is 0. The molecule has 1 fully saturated rings. The van der Waals surface area contributed by atoms with Crippen LogP contribution in [0, 0.1) is 0 Å². The largest absolute Gasteiger partial charge is 0.376 e. The summed E-state index contributed by atoms with van der Waals surface area (Å²) in [6.45, 7) is 6.92. The summed E-state index contributed by atoms with van der Waals surface area (Å²) < 4.78 is 11.7. The average molecular weight is 299 g/mol. The second-order valence-corrected chi connectivity index (χ2v) is 6.77. The Morgan fingerprint density at radius 2 is 1.29 bits per heavy atom. The SMILES string of the molecule is CCCCCCCCCCCCC1(CCC)COCCO1. The van der Waals surface area contributed by atoms with Gasteiger partial charge < -0.3 is 9.47 Å². The lowest BCUT2D eigenvalue weighted by Crippen LogP contribution is -2.43. The maximum Gasteiger partial charge on any atom is 0.0915 e. The Bertz CT molecular complexity index is 216. The molecule has 1 heterocycles. The van der Waals surface area contributed by atoms with E-state index in [1.165, 1.54) is 77.0 Å². The van der Waals surface area contributed by atoms with Crippen LogP contribution in [0.2, 0.25) is 0 Å². The van der Waals surface area contributed by atoms with E-state index >= 15 is 0 Å². The Morgan fingerprint density at radius 1 is 0.667 bits per heavy atom. The van der Waals surface area contributed by atoms with E-state index in [4.69, 9.17) is 9.47 Å². The fourth-order valence-electron chi connectivity index (χ4n) is 3.42. The van der Waals surface area contributed by atoms with Gasteiger partial charge in [0.2, 0.25) is 0 Å². The van der Waals surface area contributed by atoms with Gasteiger partial charge in [0, 0.05) is 0 Å². The van der Waals surface area contributed by atoms with Crippen LogP contribution in [-0.2, 0) is 9.47 Å². The predicted octanol–water partition coefficient (Wildman–Crippen LogP) is 5.88. The summed E-state index contributed by atoms with van der Waals surface area (Å²) in [6, 6.07) is 0. The number of unbranched alkanes of at least 4 members (excludes halogenated alkanes) is 9. The molecular formula is C19H38O2. The Kier molecular flexibility index (Phi) is 11.3. The van der Waals surface area contributed by atoms with Crippen molar-refractivity contribution in [2.45, 2.75) is 103 Å². The molecule has 0 radical (unpaired) electrons. The third-order valence-electron chi connectivity index (χ3n) is 4.69. The minimum absolute atomic E-state index is 0.0488. The molecule has 0 aliphatic carbocycles. The lowest BCUT2D eigenvalue weighted by Gasteiger charge is -2.37. The third-order valence-corrected chi connectivity index (χ3v) is 4.69. The molecule has 2 heteroatoms. The van der Waals surface area contributed by atoms with Crippen LogP contribution in [0.15, 0.2) is 0 Å². The topological polar surface area (TPSA) is 18.5 Å². The van der Waals surface area contributed by atoms with Crippen LogP contribution < -0.4 is 0 Å². The summed E-state index contributed by atoms with van der Waals surface area (Å²) in [6.07, 6.45) is 17.6. The standard InChI is InChI=1S/C19H38O2/c1-3-5-6-7-8-9-10-11-12-13-15-19(14-4-2)18-20-16-17-21-19/h3-18H2,1-2H3. The Labute approximate surface area is 133 Å². The zero-order valence-corrected chi connectivity index (χ0v) is 14.6. The second kappa shape index (κ2) is 12.5. The van der Waals surface area contributed by atoms with Crippen molar-refractivity contribution in [3.8, 4) is 0 Å². The van der Waals surface area contributed by atoms with Crippen molar-refractivity contribution in [1.29, 1.82) is 0 Å². The van der Waals surface area contributed by atoms with Gasteiger partial charge in [0.1, 0.15) is 0 Å². The molecule has 1 aliphatic heterocycles. The molecule has 0 amide bonds. The second-order valence-electron chi connectivity index (χ2n) is 6.77. The zero-order chi connectivity index (χ0) is 15.2. The van der Waals surface area contributed by atoms with Crippen LogP contribution in [0.3, 0.4) is 0 Å². The normalized spacial score (nSPS) is 22.6. The van der Waals surface area contributed by atoms with Crippen molar-refractivity contribution in [2.75, 3.05) is 19.8 Å². The lowest BCUT2D eigenvalue weighted by molar-refractivity contribution is -0.164. The molecule has 1 atom stereocenters. The fraction of sp³-hybridized carbons (Fsp3) is 1.00. The van der Waals surface area contributed by atoms with Gasteiger partial charge in [0.25, 0.3) is 0 Å². The maximum absolute atomic E-state index is 6.06. The molecule has 21 heavy (non-hydrogen) atoms. The van der Waals surface area contributed by atoms with Crippen molar-refractivity contribution >= 4 is 0 Å². The van der Waals surface area contributed by atoms with Crippen LogP contribution in [0.25, 0.3) is 0 Å². The quantitative estimate of drug-likeness (QED) is 0.395. The molecule has 1 saturated heterocycles. The minimum atomic E-state index is 0.0488. The van der Waals surface area contributed by atoms with Gasteiger partial charge in [-0.2, -0.15) is 0 Å². The number of rotatable bonds is 13. The molecule has 0 saturated carbocycles. The van der Waals surface area contributed by atoms with Gasteiger partial charge in [-0.15, -0.1) is 0 Å². The van der Waals surface area contributed by atoms with Gasteiger partial charge in [-0.05, 0) is 12.8 Å². The lowest BCUT2D eigenvalue weighted by atomic mass is 9.91. The van der Waals surface area contributed by atoms with Crippen LogP contribution in [-0.4, -0.2) is 25.4 Å². The van der Waals surface area contributed by atoms with Crippen LogP contribution in [0.4, 0.5) is 0 Å². The third kappa shape index (κ3) is 8.83. The van der Waals surface area contributed by atoms with Crippen molar-refractivity contribution in [2.24, 2.45) is 0 Å². The van der Waals surface area contributed by atoms with Gasteiger partial charge in [0.05, 0.1) is 25.4 Å². The summed E-state index contributed by atoms with van der Waals surface area (Å²) in [5, 5.41) is 0. The van der Waals surface area contributed by atoms with E-state index in [1.807, 2.05) is 0 Å². The van der Waals surface area contributed by atoms with E-state index in [1.54, 1.807) is 0 Å². The molecule has 1 unspecified atom stereocenters. The Hall–Kier alpha value is -0.0800. The van der Waals surface area contributed by atoms with Gasteiger partial charge in [-0.1, -0.05) is 84.5 Å². The van der Waals surface area contributed by atoms with Gasteiger partial charge in [0.15, 0.2) is 0 Å². The molecule has 0 aromatic rings. The summed E-state index contributed by atoms with van der Waals surface area (Å²) in [4.78, 5) is 0. The highest BCUT2D eigenvalue weighted by molar-refractivity contribution is 4.82. The maximum atomic E-state index is 6.06. The smallest absolute Gasteiger partial charge is 0.0915 e. The van der Waals surface area contributed by atoms with Gasteiger partial charge >= 0.3 is 0 Å². The molecule has 0 N–H and O–H groups in total. The van der Waals surface area contributed by atoms with Crippen LogP contribution in [0.1, 0.15) is 97.3 Å². The first-order chi connectivity index (χ1) is 10.3. The molecule has 0 aromatic heterocycles. The first-order valence-corrected chi connectivity index (χ1v) is 9.55. The molecule has 0 aromatic carbocycles. The van der Waals surface area contributed by atoms with E-state index in [2.05, 4.69) is 13.8 Å². The van der Waals surface area contributed by atoms with Crippen molar-refractivity contribution < 1.29 is 9.47 Å². The molecule has 0 spiro atoms. The highest BCUT2D eigenvalue weighted by atomic mass is 16.6. The van der Waals surface area contributed by atoms with Crippen molar-refractivity contribution in [1.82, 2.24) is 0 Å². The fourth-order valence-corrected chi connectivity index (χ4v) is 3.42. The molecule has 126 valence electrons. The summed E-state index contributed by atoms with van der Waals surface area (Å²) in [5.74, 6) is 0. The predicted molar refractivity (Wildman–Crippen MR) is 90.9 cm³/mol. The summed E-state index contributed by atoms with van der Waals surface area (Å²) >= 11 is 0. The highest BCUT2D eigenvalue weighted by Crippen LogP contribution is 2.28. The minimum Gasteiger partial charge on any atom is -0.376 e. The van der Waals surface area contributed by atoms with E-state index < -0.39 is 0 Å². The van der Waals surface area contributed by atoms with E-state index in [-0.39, 0.29) is 5.60 Å². The first-order valence-electron chi connectivity index (χ1n) is 9.55.